The Bertz CT molecular complexity index is 371. The van der Waals surface area contributed by atoms with Gasteiger partial charge in [0.2, 0.25) is 0 Å². The summed E-state index contributed by atoms with van der Waals surface area (Å²) >= 11 is 0. The number of nitrogens with zero attached hydrogens (tertiary/aromatic N) is 1. The summed E-state index contributed by atoms with van der Waals surface area (Å²) in [6.07, 6.45) is 5.17. The fourth-order valence-electron chi connectivity index (χ4n) is 2.80. The number of piperidine rings is 1. The molecular formula is C17H28N2O. The Hall–Kier alpha value is -1.06. The summed E-state index contributed by atoms with van der Waals surface area (Å²) in [6, 6.07) is 8.42. The third kappa shape index (κ3) is 5.14. The monoisotopic (exact) mass is 276 g/mol. The van der Waals surface area contributed by atoms with E-state index in [9.17, 15) is 0 Å². The highest BCUT2D eigenvalue weighted by atomic mass is 16.5. The highest BCUT2D eigenvalue weighted by Crippen LogP contribution is 2.16. The van der Waals surface area contributed by atoms with E-state index < -0.39 is 0 Å². The molecule has 0 aromatic heterocycles. The normalized spacial score (nSPS) is 16.6. The van der Waals surface area contributed by atoms with Crippen molar-refractivity contribution >= 4 is 0 Å². The zero-order valence-corrected chi connectivity index (χ0v) is 12.9. The topological polar surface area (TPSA) is 24.5 Å². The van der Waals surface area contributed by atoms with Crippen molar-refractivity contribution in [1.29, 1.82) is 0 Å². The molecule has 1 aliphatic heterocycles. The molecule has 0 saturated carbocycles. The van der Waals surface area contributed by atoms with Crippen molar-refractivity contribution in [3.63, 3.8) is 0 Å². The van der Waals surface area contributed by atoms with E-state index in [1.807, 2.05) is 12.1 Å². The van der Waals surface area contributed by atoms with E-state index in [2.05, 4.69) is 29.4 Å². The van der Waals surface area contributed by atoms with E-state index in [0.717, 1.165) is 24.6 Å². The fourth-order valence-corrected chi connectivity index (χ4v) is 2.80. The number of methoxy groups -OCH3 is 1. The Balaban J connectivity index is 1.64. The molecule has 0 unspecified atom stereocenters. The Kier molecular flexibility index (Phi) is 6.34. The number of hydrogen-bond donors (Lipinski definition) is 1. The van der Waals surface area contributed by atoms with Gasteiger partial charge in [-0.25, -0.2) is 0 Å². The molecule has 3 nitrogen and oxygen atoms in total. The van der Waals surface area contributed by atoms with E-state index >= 15 is 0 Å². The summed E-state index contributed by atoms with van der Waals surface area (Å²) in [6.45, 7) is 4.78. The first-order valence-electron chi connectivity index (χ1n) is 7.80. The number of rotatable bonds is 7. The largest absolute Gasteiger partial charge is 0.497 e. The minimum Gasteiger partial charge on any atom is -0.497 e. The first kappa shape index (κ1) is 15.3. The molecule has 1 saturated heterocycles. The van der Waals surface area contributed by atoms with Gasteiger partial charge in [-0.2, -0.15) is 0 Å². The molecule has 1 aromatic rings. The zero-order chi connectivity index (χ0) is 14.2. The standard InChI is InChI=1S/C17H28N2O/c1-19(14-10-16-7-11-18-12-8-16)13-9-15-3-5-17(20-2)6-4-15/h3-6,16,18H,7-14H2,1-2H3. The molecular weight excluding hydrogens is 248 g/mol. The molecule has 112 valence electrons. The average Bonchev–Trinajstić information content (AvgIpc) is 2.52. The van der Waals surface area contributed by atoms with Crippen molar-refractivity contribution in [2.45, 2.75) is 25.7 Å². The SMILES string of the molecule is COc1ccc(CCN(C)CCC2CCNCC2)cc1. The van der Waals surface area contributed by atoms with Gasteiger partial charge >= 0.3 is 0 Å². The minimum absolute atomic E-state index is 0.930. The molecule has 0 amide bonds. The summed E-state index contributed by atoms with van der Waals surface area (Å²) in [4.78, 5) is 2.46. The van der Waals surface area contributed by atoms with Gasteiger partial charge in [-0.1, -0.05) is 12.1 Å². The van der Waals surface area contributed by atoms with Crippen molar-refractivity contribution in [2.24, 2.45) is 5.92 Å². The van der Waals surface area contributed by atoms with Crippen LogP contribution < -0.4 is 10.1 Å². The second-order valence-electron chi connectivity index (χ2n) is 5.88. The van der Waals surface area contributed by atoms with Gasteiger partial charge in [-0.05, 0) is 76.0 Å². The van der Waals surface area contributed by atoms with Gasteiger partial charge in [0.15, 0.2) is 0 Å². The maximum absolute atomic E-state index is 5.18. The van der Waals surface area contributed by atoms with E-state index in [1.54, 1.807) is 7.11 Å². The molecule has 0 aliphatic carbocycles. The Morgan fingerprint density at radius 2 is 1.85 bits per heavy atom. The lowest BCUT2D eigenvalue weighted by Crippen LogP contribution is -2.30. The van der Waals surface area contributed by atoms with Crippen molar-refractivity contribution in [3.8, 4) is 5.75 Å². The maximum atomic E-state index is 5.18. The number of nitrogens with one attached hydrogen (secondary N) is 1. The lowest BCUT2D eigenvalue weighted by molar-refractivity contribution is 0.273. The average molecular weight is 276 g/mol. The number of hydrogen-bond acceptors (Lipinski definition) is 3. The summed E-state index contributed by atoms with van der Waals surface area (Å²) in [5.74, 6) is 1.87. The smallest absolute Gasteiger partial charge is 0.118 e. The van der Waals surface area contributed by atoms with Crippen LogP contribution in [-0.4, -0.2) is 45.2 Å². The van der Waals surface area contributed by atoms with Crippen LogP contribution in [0.15, 0.2) is 24.3 Å². The molecule has 1 aromatic carbocycles. The third-order valence-corrected chi connectivity index (χ3v) is 4.32. The van der Waals surface area contributed by atoms with E-state index in [0.29, 0.717) is 0 Å². The molecule has 1 heterocycles. The molecule has 1 fully saturated rings. The van der Waals surface area contributed by atoms with Crippen molar-refractivity contribution < 1.29 is 4.74 Å². The number of likely N-dealkylation sites (N-methyl/N-ethyl adjacent to an activating group) is 1. The highest BCUT2D eigenvalue weighted by Gasteiger charge is 2.13. The quantitative estimate of drug-likeness (QED) is 0.828. The van der Waals surface area contributed by atoms with Crippen LogP contribution in [0.25, 0.3) is 0 Å². The van der Waals surface area contributed by atoms with Crippen LogP contribution in [0.3, 0.4) is 0 Å². The first-order chi connectivity index (χ1) is 9.78. The van der Waals surface area contributed by atoms with Crippen molar-refractivity contribution in [3.05, 3.63) is 29.8 Å². The lowest BCUT2D eigenvalue weighted by atomic mass is 9.94. The minimum atomic E-state index is 0.930. The second kappa shape index (κ2) is 8.28. The molecule has 0 atom stereocenters. The van der Waals surface area contributed by atoms with E-state index in [1.165, 1.54) is 44.5 Å². The molecule has 0 bridgehead atoms. The third-order valence-electron chi connectivity index (χ3n) is 4.32. The summed E-state index contributed by atoms with van der Waals surface area (Å²) in [7, 11) is 3.95. The highest BCUT2D eigenvalue weighted by molar-refractivity contribution is 5.27. The van der Waals surface area contributed by atoms with Gasteiger partial charge in [-0.3, -0.25) is 0 Å². The molecule has 3 heteroatoms. The van der Waals surface area contributed by atoms with Gasteiger partial charge in [0.25, 0.3) is 0 Å². The Morgan fingerprint density at radius 3 is 2.50 bits per heavy atom. The van der Waals surface area contributed by atoms with Crippen LogP contribution in [-0.2, 0) is 6.42 Å². The summed E-state index contributed by atoms with van der Waals surface area (Å²) in [5, 5.41) is 3.43. The van der Waals surface area contributed by atoms with Crippen LogP contribution in [0, 0.1) is 5.92 Å². The van der Waals surface area contributed by atoms with Crippen LogP contribution in [0.1, 0.15) is 24.8 Å². The van der Waals surface area contributed by atoms with Gasteiger partial charge < -0.3 is 15.0 Å². The lowest BCUT2D eigenvalue weighted by Gasteiger charge is -2.25. The molecule has 1 N–H and O–H groups in total. The van der Waals surface area contributed by atoms with Crippen molar-refractivity contribution in [2.75, 3.05) is 40.3 Å². The molecule has 1 aliphatic rings. The van der Waals surface area contributed by atoms with Crippen LogP contribution >= 0.6 is 0 Å². The predicted octanol–water partition coefficient (Wildman–Crippen LogP) is 2.56. The van der Waals surface area contributed by atoms with Crippen LogP contribution in [0.4, 0.5) is 0 Å². The van der Waals surface area contributed by atoms with E-state index in [-0.39, 0.29) is 0 Å². The van der Waals surface area contributed by atoms with Crippen molar-refractivity contribution in [1.82, 2.24) is 10.2 Å². The van der Waals surface area contributed by atoms with Crippen LogP contribution in [0.2, 0.25) is 0 Å². The van der Waals surface area contributed by atoms with Gasteiger partial charge in [0, 0.05) is 6.54 Å². The molecule has 0 radical (unpaired) electrons. The summed E-state index contributed by atoms with van der Waals surface area (Å²) in [5.41, 5.74) is 1.39. The Labute approximate surface area is 123 Å². The van der Waals surface area contributed by atoms with E-state index in [4.69, 9.17) is 4.74 Å². The second-order valence-corrected chi connectivity index (χ2v) is 5.88. The first-order valence-corrected chi connectivity index (χ1v) is 7.80. The number of benzene rings is 1. The summed E-state index contributed by atoms with van der Waals surface area (Å²) < 4.78 is 5.18. The van der Waals surface area contributed by atoms with Gasteiger partial charge in [0.05, 0.1) is 7.11 Å². The molecule has 0 spiro atoms. The fraction of sp³-hybridized carbons (Fsp3) is 0.647. The Morgan fingerprint density at radius 1 is 1.15 bits per heavy atom. The maximum Gasteiger partial charge on any atom is 0.118 e. The predicted molar refractivity (Wildman–Crippen MR) is 84.4 cm³/mol. The van der Waals surface area contributed by atoms with Gasteiger partial charge in [0.1, 0.15) is 5.75 Å². The molecule has 2 rings (SSSR count). The zero-order valence-electron chi connectivity index (χ0n) is 12.9. The molecule has 20 heavy (non-hydrogen) atoms. The van der Waals surface area contributed by atoms with Gasteiger partial charge in [-0.15, -0.1) is 0 Å². The number of ether oxygens (including phenoxy) is 1. The van der Waals surface area contributed by atoms with Crippen LogP contribution in [0.5, 0.6) is 5.75 Å².